The van der Waals surface area contributed by atoms with Crippen molar-refractivity contribution < 1.29 is 4.79 Å². The lowest BCUT2D eigenvalue weighted by Gasteiger charge is -2.31. The molecule has 1 saturated heterocycles. The number of carbonyl (C=O) groups excluding carboxylic acids is 1. The van der Waals surface area contributed by atoms with Gasteiger partial charge in [0.25, 0.3) is 0 Å². The molecule has 1 heterocycles. The van der Waals surface area contributed by atoms with Gasteiger partial charge in [-0.15, -0.1) is 0 Å². The van der Waals surface area contributed by atoms with Gasteiger partial charge in [-0.3, -0.25) is 4.79 Å². The second-order valence-electron chi connectivity index (χ2n) is 4.73. The largest absolute Gasteiger partial charge is 0.399 e. The zero-order valence-electron chi connectivity index (χ0n) is 10.8. The number of amides is 1. The molecule has 4 heteroatoms. The van der Waals surface area contributed by atoms with Crippen LogP contribution in [0.15, 0.2) is 24.3 Å². The van der Waals surface area contributed by atoms with E-state index in [1.165, 1.54) is 0 Å². The molecular weight excluding hydrogens is 244 g/mol. The van der Waals surface area contributed by atoms with Gasteiger partial charge in [-0.25, -0.2) is 0 Å². The molecule has 3 nitrogen and oxygen atoms in total. The minimum Gasteiger partial charge on any atom is -0.399 e. The number of nitrogens with two attached hydrogens (primary N) is 1. The third kappa shape index (κ3) is 3.42. The Kier molecular flexibility index (Phi) is 4.53. The molecule has 0 bridgehead atoms. The van der Waals surface area contributed by atoms with Crippen molar-refractivity contribution in [2.45, 2.75) is 24.5 Å². The van der Waals surface area contributed by atoms with E-state index in [1.807, 2.05) is 40.9 Å². The Hall–Kier alpha value is -1.16. The average Bonchev–Trinajstić information content (AvgIpc) is 2.41. The van der Waals surface area contributed by atoms with E-state index in [0.717, 1.165) is 42.4 Å². The number of rotatable bonds is 3. The first-order chi connectivity index (χ1) is 8.69. The van der Waals surface area contributed by atoms with Crippen LogP contribution in [0.3, 0.4) is 0 Å². The maximum absolute atomic E-state index is 12.1. The monoisotopic (exact) mass is 264 g/mol. The molecule has 2 N–H and O–H groups in total. The zero-order valence-corrected chi connectivity index (χ0v) is 11.6. The third-order valence-corrected chi connectivity index (χ3v) is 4.60. The van der Waals surface area contributed by atoms with Gasteiger partial charge < -0.3 is 10.6 Å². The van der Waals surface area contributed by atoms with Crippen LogP contribution < -0.4 is 5.73 Å². The highest BCUT2D eigenvalue weighted by molar-refractivity contribution is 7.99. The van der Waals surface area contributed by atoms with Crippen molar-refractivity contribution in [2.75, 3.05) is 25.1 Å². The second-order valence-corrected chi connectivity index (χ2v) is 5.87. The van der Waals surface area contributed by atoms with Crippen LogP contribution in [0.2, 0.25) is 0 Å². The van der Waals surface area contributed by atoms with Gasteiger partial charge in [0.2, 0.25) is 5.91 Å². The fourth-order valence-electron chi connectivity index (χ4n) is 2.26. The molecule has 1 aliphatic heterocycles. The predicted octanol–water partition coefficient (Wildman–Crippen LogP) is 2.17. The number of anilines is 1. The van der Waals surface area contributed by atoms with Crippen LogP contribution in [-0.4, -0.2) is 35.4 Å². The first kappa shape index (κ1) is 13.3. The third-order valence-electron chi connectivity index (χ3n) is 3.46. The first-order valence-corrected chi connectivity index (χ1v) is 7.63. The lowest BCUT2D eigenvalue weighted by atomic mass is 10.1. The average molecular weight is 264 g/mol. The van der Waals surface area contributed by atoms with Crippen molar-refractivity contribution in [1.29, 1.82) is 0 Å². The van der Waals surface area contributed by atoms with Crippen molar-refractivity contribution >= 4 is 23.4 Å². The van der Waals surface area contributed by atoms with Gasteiger partial charge in [0.15, 0.2) is 0 Å². The number of nitrogens with zero attached hydrogens (tertiary/aromatic N) is 1. The summed E-state index contributed by atoms with van der Waals surface area (Å²) in [7, 11) is 0. The summed E-state index contributed by atoms with van der Waals surface area (Å²) in [5.74, 6) is 0.235. The molecule has 0 atom stereocenters. The molecule has 1 fully saturated rings. The molecule has 0 aliphatic carbocycles. The van der Waals surface area contributed by atoms with Crippen LogP contribution in [0.25, 0.3) is 0 Å². The Morgan fingerprint density at radius 2 is 1.94 bits per heavy atom. The van der Waals surface area contributed by atoms with E-state index in [-0.39, 0.29) is 5.91 Å². The molecule has 0 unspecified atom stereocenters. The Bertz CT molecular complexity index is 397. The number of benzene rings is 1. The van der Waals surface area contributed by atoms with E-state index in [2.05, 4.69) is 6.26 Å². The number of carbonyl (C=O) groups is 1. The minimum absolute atomic E-state index is 0.235. The van der Waals surface area contributed by atoms with Crippen LogP contribution in [-0.2, 0) is 11.2 Å². The van der Waals surface area contributed by atoms with Crippen molar-refractivity contribution in [3.8, 4) is 0 Å². The molecule has 0 saturated carbocycles. The van der Waals surface area contributed by atoms with Gasteiger partial charge in [0, 0.05) is 24.0 Å². The molecule has 2 rings (SSSR count). The molecule has 98 valence electrons. The van der Waals surface area contributed by atoms with Crippen LogP contribution in [0.1, 0.15) is 18.4 Å². The second kappa shape index (κ2) is 6.14. The maximum atomic E-state index is 12.1. The summed E-state index contributed by atoms with van der Waals surface area (Å²) in [5.41, 5.74) is 7.42. The van der Waals surface area contributed by atoms with E-state index >= 15 is 0 Å². The van der Waals surface area contributed by atoms with Crippen LogP contribution in [0, 0.1) is 0 Å². The summed E-state index contributed by atoms with van der Waals surface area (Å²) in [4.78, 5) is 14.1. The summed E-state index contributed by atoms with van der Waals surface area (Å²) in [6.45, 7) is 1.80. The predicted molar refractivity (Wildman–Crippen MR) is 77.7 cm³/mol. The van der Waals surface area contributed by atoms with Crippen molar-refractivity contribution in [2.24, 2.45) is 0 Å². The van der Waals surface area contributed by atoms with E-state index in [0.29, 0.717) is 6.42 Å². The van der Waals surface area contributed by atoms with Crippen molar-refractivity contribution in [1.82, 2.24) is 4.90 Å². The minimum atomic E-state index is 0.235. The fraction of sp³-hybridized carbons (Fsp3) is 0.500. The van der Waals surface area contributed by atoms with E-state index in [9.17, 15) is 4.79 Å². The van der Waals surface area contributed by atoms with E-state index < -0.39 is 0 Å². The lowest BCUT2D eigenvalue weighted by molar-refractivity contribution is -0.131. The molecule has 18 heavy (non-hydrogen) atoms. The summed E-state index contributed by atoms with van der Waals surface area (Å²) < 4.78 is 0. The van der Waals surface area contributed by atoms with Crippen molar-refractivity contribution in [3.05, 3.63) is 29.8 Å². The summed E-state index contributed by atoms with van der Waals surface area (Å²) in [6, 6.07) is 7.56. The zero-order chi connectivity index (χ0) is 13.0. The SMILES string of the molecule is CSC1CCN(C(=O)Cc2ccc(N)cc2)CC1. The van der Waals surface area contributed by atoms with Gasteiger partial charge >= 0.3 is 0 Å². The molecule has 0 radical (unpaired) electrons. The Morgan fingerprint density at radius 1 is 1.33 bits per heavy atom. The van der Waals surface area contributed by atoms with E-state index in [4.69, 9.17) is 5.73 Å². The summed E-state index contributed by atoms with van der Waals surface area (Å²) >= 11 is 1.91. The van der Waals surface area contributed by atoms with Gasteiger partial charge in [-0.05, 0) is 36.8 Å². The number of hydrogen-bond donors (Lipinski definition) is 1. The Morgan fingerprint density at radius 3 is 2.50 bits per heavy atom. The quantitative estimate of drug-likeness (QED) is 0.851. The summed E-state index contributed by atoms with van der Waals surface area (Å²) in [5, 5.41) is 0.727. The highest BCUT2D eigenvalue weighted by atomic mass is 32.2. The van der Waals surface area contributed by atoms with Gasteiger partial charge in [-0.2, -0.15) is 11.8 Å². The van der Waals surface area contributed by atoms with Gasteiger partial charge in [0.1, 0.15) is 0 Å². The lowest BCUT2D eigenvalue weighted by Crippen LogP contribution is -2.40. The molecule has 0 aromatic heterocycles. The molecule has 1 aromatic rings. The summed E-state index contributed by atoms with van der Waals surface area (Å²) in [6.07, 6.45) is 4.88. The van der Waals surface area contributed by atoms with E-state index in [1.54, 1.807) is 0 Å². The number of likely N-dealkylation sites (tertiary alicyclic amines) is 1. The number of nitrogen functional groups attached to an aromatic ring is 1. The van der Waals surface area contributed by atoms with Gasteiger partial charge in [-0.1, -0.05) is 12.1 Å². The van der Waals surface area contributed by atoms with Crippen molar-refractivity contribution in [3.63, 3.8) is 0 Å². The Labute approximate surface area is 113 Å². The topological polar surface area (TPSA) is 46.3 Å². The van der Waals surface area contributed by atoms with Crippen LogP contribution in [0.4, 0.5) is 5.69 Å². The smallest absolute Gasteiger partial charge is 0.226 e. The molecule has 1 amide bonds. The Balaban J connectivity index is 1.87. The number of hydrogen-bond acceptors (Lipinski definition) is 3. The molecule has 1 aliphatic rings. The number of thioether (sulfide) groups is 1. The molecule has 1 aromatic carbocycles. The number of piperidine rings is 1. The highest BCUT2D eigenvalue weighted by Crippen LogP contribution is 2.21. The van der Waals surface area contributed by atoms with Crippen LogP contribution in [0.5, 0.6) is 0 Å². The van der Waals surface area contributed by atoms with Gasteiger partial charge in [0.05, 0.1) is 6.42 Å². The van der Waals surface area contributed by atoms with Crippen LogP contribution >= 0.6 is 11.8 Å². The normalized spacial score (nSPS) is 16.8. The fourth-order valence-corrected chi connectivity index (χ4v) is 2.95. The first-order valence-electron chi connectivity index (χ1n) is 6.34. The molecule has 0 spiro atoms. The standard InChI is InChI=1S/C14H20N2OS/c1-18-13-6-8-16(9-7-13)14(17)10-11-2-4-12(15)5-3-11/h2-5,13H,6-10,15H2,1H3. The highest BCUT2D eigenvalue weighted by Gasteiger charge is 2.21. The molecular formula is C14H20N2OS. The maximum Gasteiger partial charge on any atom is 0.226 e.